The van der Waals surface area contributed by atoms with Crippen LogP contribution in [0.15, 0.2) is 18.2 Å². The molecule has 0 aliphatic heterocycles. The third-order valence-electron chi connectivity index (χ3n) is 3.12. The average Bonchev–Trinajstić information content (AvgIpc) is 2.28. The van der Waals surface area contributed by atoms with Gasteiger partial charge in [0.15, 0.2) is 0 Å². The van der Waals surface area contributed by atoms with Gasteiger partial charge in [-0.1, -0.05) is 19.8 Å². The van der Waals surface area contributed by atoms with Crippen LogP contribution in [0.1, 0.15) is 38.7 Å². The minimum atomic E-state index is 0.554. The molecule has 0 bridgehead atoms. The minimum absolute atomic E-state index is 0.554. The van der Waals surface area contributed by atoms with E-state index in [-0.39, 0.29) is 0 Å². The first-order valence-electron chi connectivity index (χ1n) is 6.59. The van der Waals surface area contributed by atoms with Gasteiger partial charge in [-0.3, -0.25) is 0 Å². The molecule has 0 aliphatic carbocycles. The van der Waals surface area contributed by atoms with Crippen molar-refractivity contribution in [1.29, 1.82) is 0 Å². The van der Waals surface area contributed by atoms with E-state index in [0.29, 0.717) is 6.04 Å². The van der Waals surface area contributed by atoms with Gasteiger partial charge in [0.05, 0.1) is 0 Å². The Morgan fingerprint density at radius 1 is 1.29 bits per heavy atom. The molecular weight excluding hydrogens is 208 g/mol. The zero-order valence-electron chi connectivity index (χ0n) is 11.9. The molecule has 1 unspecified atom stereocenters. The molecule has 0 aliphatic rings. The van der Waals surface area contributed by atoms with E-state index in [0.717, 1.165) is 0 Å². The summed E-state index contributed by atoms with van der Waals surface area (Å²) in [6, 6.07) is 7.14. The summed E-state index contributed by atoms with van der Waals surface area (Å²) in [4.78, 5) is 2.14. The maximum atomic E-state index is 3.59. The molecule has 0 amide bonds. The number of rotatable bonds is 6. The lowest BCUT2D eigenvalue weighted by Crippen LogP contribution is -2.16. The summed E-state index contributed by atoms with van der Waals surface area (Å²) >= 11 is 0. The fourth-order valence-corrected chi connectivity index (χ4v) is 1.94. The van der Waals surface area contributed by atoms with Crippen LogP contribution < -0.4 is 10.2 Å². The first-order chi connectivity index (χ1) is 8.04. The summed E-state index contributed by atoms with van der Waals surface area (Å²) in [6.45, 7) is 6.67. The molecule has 0 radical (unpaired) electrons. The smallest absolute Gasteiger partial charge is 0.0373 e. The molecule has 0 fully saturated rings. The molecule has 1 rings (SSSR count). The molecule has 2 nitrogen and oxygen atoms in total. The van der Waals surface area contributed by atoms with E-state index in [4.69, 9.17) is 0 Å². The van der Waals surface area contributed by atoms with Gasteiger partial charge >= 0.3 is 0 Å². The fraction of sp³-hybridized carbons (Fsp3) is 0.600. The largest absolute Gasteiger partial charge is 0.382 e. The van der Waals surface area contributed by atoms with Crippen LogP contribution in [0.5, 0.6) is 0 Å². The topological polar surface area (TPSA) is 15.3 Å². The number of nitrogens with zero attached hydrogens (tertiary/aromatic N) is 1. The number of aryl methyl sites for hydroxylation is 1. The Kier molecular flexibility index (Phi) is 5.33. The third-order valence-corrected chi connectivity index (χ3v) is 3.12. The molecule has 17 heavy (non-hydrogen) atoms. The number of hydrogen-bond acceptors (Lipinski definition) is 2. The molecule has 0 aromatic heterocycles. The van der Waals surface area contributed by atoms with Gasteiger partial charge in [-0.15, -0.1) is 0 Å². The Balaban J connectivity index is 2.65. The standard InChI is InChI=1S/C15H26N2/c1-6-7-8-13(3)16-15-10-9-14(17(4)5)11-12(15)2/h9-11,13,16H,6-8H2,1-5H3. The van der Waals surface area contributed by atoms with Crippen LogP contribution in [0.25, 0.3) is 0 Å². The second-order valence-corrected chi connectivity index (χ2v) is 5.08. The van der Waals surface area contributed by atoms with Crippen LogP contribution in [0.4, 0.5) is 11.4 Å². The summed E-state index contributed by atoms with van der Waals surface area (Å²) in [6.07, 6.45) is 3.80. The quantitative estimate of drug-likeness (QED) is 0.798. The lowest BCUT2D eigenvalue weighted by molar-refractivity contribution is 0.645. The van der Waals surface area contributed by atoms with E-state index in [1.165, 1.54) is 36.2 Å². The minimum Gasteiger partial charge on any atom is -0.382 e. The van der Waals surface area contributed by atoms with E-state index >= 15 is 0 Å². The van der Waals surface area contributed by atoms with Crippen molar-refractivity contribution in [2.75, 3.05) is 24.3 Å². The number of nitrogens with one attached hydrogen (secondary N) is 1. The van der Waals surface area contributed by atoms with Crippen LogP contribution in [0, 0.1) is 6.92 Å². The van der Waals surface area contributed by atoms with Crippen LogP contribution in [-0.2, 0) is 0 Å². The molecule has 1 atom stereocenters. The van der Waals surface area contributed by atoms with Crippen LogP contribution in [0.3, 0.4) is 0 Å². The summed E-state index contributed by atoms with van der Waals surface area (Å²) in [5.41, 5.74) is 3.84. The average molecular weight is 234 g/mol. The van der Waals surface area contributed by atoms with Crippen molar-refractivity contribution in [1.82, 2.24) is 0 Å². The highest BCUT2D eigenvalue weighted by Gasteiger charge is 2.05. The summed E-state index contributed by atoms with van der Waals surface area (Å²) in [5.74, 6) is 0. The summed E-state index contributed by atoms with van der Waals surface area (Å²) in [7, 11) is 4.15. The Hall–Kier alpha value is -1.18. The van der Waals surface area contributed by atoms with E-state index in [1.807, 2.05) is 0 Å². The van der Waals surface area contributed by atoms with Crippen molar-refractivity contribution >= 4 is 11.4 Å². The van der Waals surface area contributed by atoms with Crippen molar-refractivity contribution in [3.63, 3.8) is 0 Å². The van der Waals surface area contributed by atoms with Crippen molar-refractivity contribution in [2.24, 2.45) is 0 Å². The molecule has 1 aromatic rings. The maximum absolute atomic E-state index is 3.59. The monoisotopic (exact) mass is 234 g/mol. The van der Waals surface area contributed by atoms with E-state index in [1.54, 1.807) is 0 Å². The molecule has 1 N–H and O–H groups in total. The summed E-state index contributed by atoms with van der Waals surface area (Å²) in [5, 5.41) is 3.59. The fourth-order valence-electron chi connectivity index (χ4n) is 1.94. The van der Waals surface area contributed by atoms with Gasteiger partial charge in [0.25, 0.3) is 0 Å². The van der Waals surface area contributed by atoms with E-state index in [2.05, 4.69) is 63.3 Å². The van der Waals surface area contributed by atoms with Crippen molar-refractivity contribution in [2.45, 2.75) is 46.1 Å². The van der Waals surface area contributed by atoms with Crippen LogP contribution in [-0.4, -0.2) is 20.1 Å². The van der Waals surface area contributed by atoms with Crippen LogP contribution in [0.2, 0.25) is 0 Å². The van der Waals surface area contributed by atoms with Gasteiger partial charge in [-0.05, 0) is 44.0 Å². The molecule has 2 heteroatoms. The van der Waals surface area contributed by atoms with Crippen LogP contribution >= 0.6 is 0 Å². The second-order valence-electron chi connectivity index (χ2n) is 5.08. The number of unbranched alkanes of at least 4 members (excludes halogenated alkanes) is 1. The maximum Gasteiger partial charge on any atom is 0.0373 e. The Labute approximate surface area is 106 Å². The predicted molar refractivity (Wildman–Crippen MR) is 78.1 cm³/mol. The van der Waals surface area contributed by atoms with Gasteiger partial charge in [-0.2, -0.15) is 0 Å². The van der Waals surface area contributed by atoms with Crippen molar-refractivity contribution < 1.29 is 0 Å². The van der Waals surface area contributed by atoms with Gasteiger partial charge in [0, 0.05) is 31.5 Å². The molecule has 96 valence electrons. The molecule has 0 spiro atoms. The third kappa shape index (κ3) is 4.29. The lowest BCUT2D eigenvalue weighted by Gasteiger charge is -2.19. The Morgan fingerprint density at radius 3 is 2.53 bits per heavy atom. The highest BCUT2D eigenvalue weighted by Crippen LogP contribution is 2.22. The second kappa shape index (κ2) is 6.53. The summed E-state index contributed by atoms with van der Waals surface area (Å²) < 4.78 is 0. The first kappa shape index (κ1) is 13.9. The van der Waals surface area contributed by atoms with Crippen molar-refractivity contribution in [3.8, 4) is 0 Å². The molecule has 1 aromatic carbocycles. The van der Waals surface area contributed by atoms with E-state index in [9.17, 15) is 0 Å². The molecule has 0 saturated carbocycles. The van der Waals surface area contributed by atoms with Crippen molar-refractivity contribution in [3.05, 3.63) is 23.8 Å². The highest BCUT2D eigenvalue weighted by atomic mass is 15.1. The van der Waals surface area contributed by atoms with E-state index < -0.39 is 0 Å². The predicted octanol–water partition coefficient (Wildman–Crippen LogP) is 4.05. The molecule has 0 saturated heterocycles. The number of anilines is 2. The van der Waals surface area contributed by atoms with Gasteiger partial charge in [0.2, 0.25) is 0 Å². The van der Waals surface area contributed by atoms with Gasteiger partial charge in [0.1, 0.15) is 0 Å². The lowest BCUT2D eigenvalue weighted by atomic mass is 10.1. The number of hydrogen-bond donors (Lipinski definition) is 1. The molecule has 0 heterocycles. The Morgan fingerprint density at radius 2 is 2.00 bits per heavy atom. The molecular formula is C15H26N2. The Bertz CT molecular complexity index is 345. The number of benzene rings is 1. The first-order valence-corrected chi connectivity index (χ1v) is 6.59. The zero-order chi connectivity index (χ0) is 12.8. The zero-order valence-corrected chi connectivity index (χ0v) is 11.9. The van der Waals surface area contributed by atoms with Gasteiger partial charge in [-0.25, -0.2) is 0 Å². The van der Waals surface area contributed by atoms with Gasteiger partial charge < -0.3 is 10.2 Å². The normalized spacial score (nSPS) is 12.3. The highest BCUT2D eigenvalue weighted by molar-refractivity contribution is 5.60. The SMILES string of the molecule is CCCCC(C)Nc1ccc(N(C)C)cc1C.